The van der Waals surface area contributed by atoms with Crippen LogP contribution in [-0.4, -0.2) is 16.9 Å². The molecule has 0 radical (unpaired) electrons. The molecule has 1 aliphatic rings. The number of ketones is 1. The highest BCUT2D eigenvalue weighted by molar-refractivity contribution is 6.44. The fourth-order valence-corrected chi connectivity index (χ4v) is 2.29. The third kappa shape index (κ3) is 2.31. The first kappa shape index (κ1) is 13.1. The van der Waals surface area contributed by atoms with Crippen molar-refractivity contribution in [3.05, 3.63) is 77.4 Å². The number of aliphatic hydroxyl groups is 1. The minimum absolute atomic E-state index is 0.0163. The highest BCUT2D eigenvalue weighted by Gasteiger charge is 2.42. The van der Waals surface area contributed by atoms with Crippen molar-refractivity contribution in [3.8, 4) is 0 Å². The number of carbonyl (C=O) groups excluding carboxylic acids is 2. The van der Waals surface area contributed by atoms with E-state index in [1.54, 1.807) is 54.6 Å². The van der Waals surface area contributed by atoms with Crippen molar-refractivity contribution in [3.63, 3.8) is 0 Å². The summed E-state index contributed by atoms with van der Waals surface area (Å²) in [5, 5.41) is 10.4. The molecule has 0 amide bonds. The maximum atomic E-state index is 12.0. The molecule has 21 heavy (non-hydrogen) atoms. The van der Waals surface area contributed by atoms with Gasteiger partial charge in [-0.3, -0.25) is 4.79 Å². The molecule has 1 atom stereocenters. The predicted octanol–water partition coefficient (Wildman–Crippen LogP) is 2.82. The van der Waals surface area contributed by atoms with Gasteiger partial charge in [-0.15, -0.1) is 0 Å². The van der Waals surface area contributed by atoms with E-state index in [0.717, 1.165) is 0 Å². The standard InChI is InChI=1S/C17H12O4/c18-14(11-7-3-1-4-8-11)13-15(19)17(20)21-16(13)12-9-5-2-6-10-12/h1-10,16,18H/b14-13-/t16-/m0/s1. The van der Waals surface area contributed by atoms with E-state index in [1.165, 1.54) is 0 Å². The number of Topliss-reactive ketones (excluding diaryl/α,β-unsaturated/α-hetero) is 1. The van der Waals surface area contributed by atoms with Crippen LogP contribution in [-0.2, 0) is 14.3 Å². The second-order valence-electron chi connectivity index (χ2n) is 4.65. The zero-order valence-corrected chi connectivity index (χ0v) is 11.0. The summed E-state index contributed by atoms with van der Waals surface area (Å²) in [7, 11) is 0. The average Bonchev–Trinajstić information content (AvgIpc) is 2.84. The van der Waals surface area contributed by atoms with Gasteiger partial charge in [0, 0.05) is 5.56 Å². The largest absolute Gasteiger partial charge is 0.507 e. The number of esters is 1. The van der Waals surface area contributed by atoms with Crippen LogP contribution in [0, 0.1) is 0 Å². The first-order chi connectivity index (χ1) is 10.2. The molecule has 2 aromatic carbocycles. The summed E-state index contributed by atoms with van der Waals surface area (Å²) in [6.07, 6.45) is -0.869. The minimum Gasteiger partial charge on any atom is -0.507 e. The van der Waals surface area contributed by atoms with Crippen LogP contribution in [0.1, 0.15) is 17.2 Å². The average molecular weight is 280 g/mol. The second-order valence-corrected chi connectivity index (χ2v) is 4.65. The van der Waals surface area contributed by atoms with Crippen LogP contribution < -0.4 is 0 Å². The number of hydrogen-bond acceptors (Lipinski definition) is 4. The van der Waals surface area contributed by atoms with Crippen molar-refractivity contribution in [2.24, 2.45) is 0 Å². The lowest BCUT2D eigenvalue weighted by Crippen LogP contribution is -2.08. The molecule has 1 N–H and O–H groups in total. The maximum Gasteiger partial charge on any atom is 0.380 e. The van der Waals surface area contributed by atoms with Gasteiger partial charge < -0.3 is 9.84 Å². The molecule has 4 heteroatoms. The Balaban J connectivity index is 2.13. The number of carbonyl (C=O) groups is 2. The molecule has 1 heterocycles. The van der Waals surface area contributed by atoms with Gasteiger partial charge >= 0.3 is 5.97 Å². The van der Waals surface area contributed by atoms with Crippen LogP contribution in [0.5, 0.6) is 0 Å². The number of rotatable bonds is 2. The summed E-state index contributed by atoms with van der Waals surface area (Å²) in [5.74, 6) is -1.97. The van der Waals surface area contributed by atoms with E-state index in [4.69, 9.17) is 4.74 Å². The van der Waals surface area contributed by atoms with E-state index in [9.17, 15) is 14.7 Å². The van der Waals surface area contributed by atoms with E-state index in [0.29, 0.717) is 11.1 Å². The monoisotopic (exact) mass is 280 g/mol. The Bertz CT molecular complexity index is 717. The molecule has 4 nitrogen and oxygen atoms in total. The lowest BCUT2D eigenvalue weighted by Gasteiger charge is -2.12. The zero-order chi connectivity index (χ0) is 14.8. The molecular weight excluding hydrogens is 268 g/mol. The number of hydrogen-bond donors (Lipinski definition) is 1. The Labute approximate surface area is 121 Å². The van der Waals surface area contributed by atoms with Gasteiger partial charge in [-0.05, 0) is 5.56 Å². The van der Waals surface area contributed by atoms with Crippen LogP contribution in [0.2, 0.25) is 0 Å². The number of benzene rings is 2. The predicted molar refractivity (Wildman–Crippen MR) is 76.3 cm³/mol. The Morgan fingerprint density at radius 2 is 1.48 bits per heavy atom. The van der Waals surface area contributed by atoms with Gasteiger partial charge in [-0.2, -0.15) is 0 Å². The van der Waals surface area contributed by atoms with E-state index in [2.05, 4.69) is 0 Å². The molecular formula is C17H12O4. The lowest BCUT2D eigenvalue weighted by atomic mass is 9.97. The third-order valence-electron chi connectivity index (χ3n) is 3.32. The highest BCUT2D eigenvalue weighted by atomic mass is 16.6. The quantitative estimate of drug-likeness (QED) is 0.397. The summed E-state index contributed by atoms with van der Waals surface area (Å²) in [6, 6.07) is 17.5. The van der Waals surface area contributed by atoms with Crippen molar-refractivity contribution >= 4 is 17.5 Å². The van der Waals surface area contributed by atoms with E-state index < -0.39 is 17.9 Å². The van der Waals surface area contributed by atoms with Gasteiger partial charge in [0.15, 0.2) is 6.10 Å². The molecule has 0 unspecified atom stereocenters. The minimum atomic E-state index is -0.943. The maximum absolute atomic E-state index is 12.0. The Hall–Kier alpha value is -2.88. The van der Waals surface area contributed by atoms with Crippen molar-refractivity contribution < 1.29 is 19.4 Å². The van der Waals surface area contributed by atoms with Crippen LogP contribution in [0.3, 0.4) is 0 Å². The van der Waals surface area contributed by atoms with Gasteiger partial charge in [0.05, 0.1) is 5.57 Å². The van der Waals surface area contributed by atoms with Gasteiger partial charge in [-0.25, -0.2) is 4.79 Å². The first-order valence-corrected chi connectivity index (χ1v) is 6.47. The third-order valence-corrected chi connectivity index (χ3v) is 3.32. The van der Waals surface area contributed by atoms with Gasteiger partial charge in [0.25, 0.3) is 5.78 Å². The van der Waals surface area contributed by atoms with Crippen molar-refractivity contribution in [2.45, 2.75) is 6.10 Å². The fourth-order valence-electron chi connectivity index (χ4n) is 2.29. The van der Waals surface area contributed by atoms with Crippen LogP contribution in [0.15, 0.2) is 66.2 Å². The smallest absolute Gasteiger partial charge is 0.380 e. The number of ether oxygens (including phenoxy) is 1. The first-order valence-electron chi connectivity index (χ1n) is 6.47. The van der Waals surface area contributed by atoms with E-state index >= 15 is 0 Å². The fraction of sp³-hybridized carbons (Fsp3) is 0.0588. The van der Waals surface area contributed by atoms with Gasteiger partial charge in [-0.1, -0.05) is 60.7 Å². The van der Waals surface area contributed by atoms with Crippen molar-refractivity contribution in [2.75, 3.05) is 0 Å². The lowest BCUT2D eigenvalue weighted by molar-refractivity contribution is -0.149. The topological polar surface area (TPSA) is 63.6 Å². The molecule has 0 bridgehead atoms. The molecule has 0 saturated carbocycles. The number of aliphatic hydroxyl groups excluding tert-OH is 1. The number of cyclic esters (lactones) is 1. The van der Waals surface area contributed by atoms with Crippen molar-refractivity contribution in [1.82, 2.24) is 0 Å². The van der Waals surface area contributed by atoms with E-state index in [1.807, 2.05) is 6.07 Å². The summed E-state index contributed by atoms with van der Waals surface area (Å²) in [5.41, 5.74) is 1.10. The van der Waals surface area contributed by atoms with Crippen LogP contribution in [0.25, 0.3) is 5.76 Å². The molecule has 1 saturated heterocycles. The van der Waals surface area contributed by atoms with Crippen LogP contribution >= 0.6 is 0 Å². The molecule has 0 aromatic heterocycles. The van der Waals surface area contributed by atoms with Gasteiger partial charge in [0.1, 0.15) is 5.76 Å². The summed E-state index contributed by atoms with van der Waals surface area (Å²) in [4.78, 5) is 23.6. The van der Waals surface area contributed by atoms with Crippen molar-refractivity contribution in [1.29, 1.82) is 0 Å². The van der Waals surface area contributed by atoms with Crippen LogP contribution in [0.4, 0.5) is 0 Å². The zero-order valence-electron chi connectivity index (χ0n) is 11.0. The van der Waals surface area contributed by atoms with E-state index in [-0.39, 0.29) is 11.3 Å². The Morgan fingerprint density at radius 1 is 0.905 bits per heavy atom. The highest BCUT2D eigenvalue weighted by Crippen LogP contribution is 2.36. The SMILES string of the molecule is O=C1O[C@@H](c2ccccc2)/C(=C(\O)c2ccccc2)C1=O. The molecule has 104 valence electrons. The van der Waals surface area contributed by atoms with Gasteiger partial charge in [0.2, 0.25) is 0 Å². The summed E-state index contributed by atoms with van der Waals surface area (Å²) in [6.45, 7) is 0. The molecule has 3 rings (SSSR count). The molecule has 0 spiro atoms. The summed E-state index contributed by atoms with van der Waals surface area (Å²) >= 11 is 0. The molecule has 1 aliphatic heterocycles. The Kier molecular flexibility index (Phi) is 3.28. The normalized spacial score (nSPS) is 20.3. The molecule has 0 aliphatic carbocycles. The summed E-state index contributed by atoms with van der Waals surface area (Å²) < 4.78 is 5.11. The molecule has 2 aromatic rings. The molecule has 1 fully saturated rings. The Morgan fingerprint density at radius 3 is 2.10 bits per heavy atom. The second kappa shape index (κ2) is 5.25.